The SMILES string of the molecule is CCCN1C(=O)C2(CCCC2)NC(=O)C1C(C)CC. The van der Waals surface area contributed by atoms with Crippen LogP contribution in [0.5, 0.6) is 0 Å². The fraction of sp³-hybridized carbons (Fsp3) is 0.867. The van der Waals surface area contributed by atoms with Gasteiger partial charge in [-0.05, 0) is 25.2 Å². The highest BCUT2D eigenvalue weighted by Gasteiger charge is 2.52. The van der Waals surface area contributed by atoms with Gasteiger partial charge in [0.1, 0.15) is 11.6 Å². The first-order chi connectivity index (χ1) is 9.05. The third-order valence-corrected chi connectivity index (χ3v) is 4.74. The molecule has 1 heterocycles. The molecule has 0 aromatic carbocycles. The smallest absolute Gasteiger partial charge is 0.249 e. The quantitative estimate of drug-likeness (QED) is 0.847. The second kappa shape index (κ2) is 5.51. The summed E-state index contributed by atoms with van der Waals surface area (Å²) in [6.45, 7) is 6.90. The van der Waals surface area contributed by atoms with Crippen molar-refractivity contribution in [2.45, 2.75) is 70.9 Å². The Morgan fingerprint density at radius 2 is 1.95 bits per heavy atom. The summed E-state index contributed by atoms with van der Waals surface area (Å²) in [5, 5.41) is 3.07. The van der Waals surface area contributed by atoms with E-state index in [1.54, 1.807) is 0 Å². The Morgan fingerprint density at radius 3 is 2.47 bits per heavy atom. The lowest BCUT2D eigenvalue weighted by molar-refractivity contribution is -0.157. The second-order valence-electron chi connectivity index (χ2n) is 6.11. The molecule has 2 rings (SSSR count). The summed E-state index contributed by atoms with van der Waals surface area (Å²) in [6, 6.07) is -0.274. The van der Waals surface area contributed by atoms with Gasteiger partial charge in [-0.15, -0.1) is 0 Å². The Balaban J connectivity index is 2.28. The van der Waals surface area contributed by atoms with Gasteiger partial charge in [0.05, 0.1) is 0 Å². The van der Waals surface area contributed by atoms with Gasteiger partial charge in [0.15, 0.2) is 0 Å². The van der Waals surface area contributed by atoms with Crippen molar-refractivity contribution in [2.75, 3.05) is 6.54 Å². The van der Waals surface area contributed by atoms with E-state index in [1.165, 1.54) is 0 Å². The van der Waals surface area contributed by atoms with Gasteiger partial charge in [-0.2, -0.15) is 0 Å². The van der Waals surface area contributed by atoms with Crippen LogP contribution in [0.3, 0.4) is 0 Å². The summed E-state index contributed by atoms with van der Waals surface area (Å²) in [7, 11) is 0. The number of amides is 2. The van der Waals surface area contributed by atoms with E-state index in [-0.39, 0.29) is 23.8 Å². The Labute approximate surface area is 115 Å². The lowest BCUT2D eigenvalue weighted by Crippen LogP contribution is -2.70. The molecule has 0 aromatic heterocycles. The number of hydrogen-bond donors (Lipinski definition) is 1. The predicted octanol–water partition coefficient (Wildman–Crippen LogP) is 2.08. The van der Waals surface area contributed by atoms with Crippen molar-refractivity contribution in [1.29, 1.82) is 0 Å². The van der Waals surface area contributed by atoms with Crippen LogP contribution in [-0.2, 0) is 9.59 Å². The van der Waals surface area contributed by atoms with Crippen LogP contribution in [0.1, 0.15) is 59.3 Å². The number of carbonyl (C=O) groups excluding carboxylic acids is 2. The average Bonchev–Trinajstić information content (AvgIpc) is 2.85. The van der Waals surface area contributed by atoms with E-state index in [0.717, 1.165) is 38.5 Å². The molecule has 2 aliphatic rings. The molecule has 1 saturated carbocycles. The van der Waals surface area contributed by atoms with Crippen LogP contribution in [0, 0.1) is 5.92 Å². The average molecular weight is 266 g/mol. The van der Waals surface area contributed by atoms with Crippen molar-refractivity contribution in [2.24, 2.45) is 5.92 Å². The molecule has 2 atom stereocenters. The van der Waals surface area contributed by atoms with Crippen molar-refractivity contribution in [1.82, 2.24) is 10.2 Å². The van der Waals surface area contributed by atoms with Crippen LogP contribution < -0.4 is 5.32 Å². The number of piperazine rings is 1. The first-order valence-electron chi connectivity index (χ1n) is 7.69. The fourth-order valence-corrected chi connectivity index (χ4v) is 3.49. The Bertz CT molecular complexity index is 361. The Hall–Kier alpha value is -1.06. The fourth-order valence-electron chi connectivity index (χ4n) is 3.49. The minimum absolute atomic E-state index is 0.0595. The normalized spacial score (nSPS) is 27.7. The molecule has 1 saturated heterocycles. The van der Waals surface area contributed by atoms with Crippen molar-refractivity contribution in [3.8, 4) is 0 Å². The standard InChI is InChI=1S/C15H26N2O2/c1-4-10-17-12(11(3)5-2)13(18)16-15(14(17)19)8-6-7-9-15/h11-12H,4-10H2,1-3H3,(H,16,18). The monoisotopic (exact) mass is 266 g/mol. The molecule has 0 bridgehead atoms. The van der Waals surface area contributed by atoms with Crippen molar-refractivity contribution in [3.63, 3.8) is 0 Å². The summed E-state index contributed by atoms with van der Waals surface area (Å²) in [4.78, 5) is 27.2. The molecule has 19 heavy (non-hydrogen) atoms. The van der Waals surface area contributed by atoms with Crippen molar-refractivity contribution in [3.05, 3.63) is 0 Å². The molecule has 1 N–H and O–H groups in total. The van der Waals surface area contributed by atoms with E-state index in [1.807, 2.05) is 4.90 Å². The van der Waals surface area contributed by atoms with E-state index in [2.05, 4.69) is 26.1 Å². The summed E-state index contributed by atoms with van der Waals surface area (Å²) in [6.07, 6.45) is 5.52. The Morgan fingerprint density at radius 1 is 1.32 bits per heavy atom. The molecule has 0 radical (unpaired) electrons. The van der Waals surface area contributed by atoms with Crippen molar-refractivity contribution < 1.29 is 9.59 Å². The third kappa shape index (κ3) is 2.37. The maximum Gasteiger partial charge on any atom is 0.249 e. The highest BCUT2D eigenvalue weighted by Crippen LogP contribution is 2.36. The number of nitrogens with one attached hydrogen (secondary N) is 1. The molecule has 108 valence electrons. The van der Waals surface area contributed by atoms with Gasteiger partial charge < -0.3 is 10.2 Å². The molecular formula is C15H26N2O2. The number of hydrogen-bond acceptors (Lipinski definition) is 2. The van der Waals surface area contributed by atoms with Crippen LogP contribution in [0.15, 0.2) is 0 Å². The molecule has 1 aliphatic heterocycles. The van der Waals surface area contributed by atoms with Gasteiger partial charge in [-0.3, -0.25) is 9.59 Å². The zero-order valence-electron chi connectivity index (χ0n) is 12.4. The van der Waals surface area contributed by atoms with E-state index in [0.29, 0.717) is 6.54 Å². The zero-order chi connectivity index (χ0) is 14.0. The van der Waals surface area contributed by atoms with Crippen LogP contribution >= 0.6 is 0 Å². The Kier molecular flexibility index (Phi) is 4.16. The lowest BCUT2D eigenvalue weighted by Gasteiger charge is -2.46. The summed E-state index contributed by atoms with van der Waals surface area (Å²) >= 11 is 0. The molecule has 4 nitrogen and oxygen atoms in total. The zero-order valence-corrected chi connectivity index (χ0v) is 12.4. The number of rotatable bonds is 4. The van der Waals surface area contributed by atoms with E-state index >= 15 is 0 Å². The molecular weight excluding hydrogens is 240 g/mol. The summed E-state index contributed by atoms with van der Waals surface area (Å²) in [5.41, 5.74) is -0.573. The van der Waals surface area contributed by atoms with E-state index < -0.39 is 5.54 Å². The number of carbonyl (C=O) groups is 2. The van der Waals surface area contributed by atoms with E-state index in [9.17, 15) is 9.59 Å². The summed E-state index contributed by atoms with van der Waals surface area (Å²) < 4.78 is 0. The van der Waals surface area contributed by atoms with Gasteiger partial charge >= 0.3 is 0 Å². The minimum atomic E-state index is -0.573. The highest BCUT2D eigenvalue weighted by atomic mass is 16.2. The van der Waals surface area contributed by atoms with Gasteiger partial charge in [0.2, 0.25) is 11.8 Å². The van der Waals surface area contributed by atoms with Crippen LogP contribution in [0.2, 0.25) is 0 Å². The molecule has 2 amide bonds. The topological polar surface area (TPSA) is 49.4 Å². The molecule has 1 spiro atoms. The first-order valence-corrected chi connectivity index (χ1v) is 7.69. The second-order valence-corrected chi connectivity index (χ2v) is 6.11. The maximum absolute atomic E-state index is 12.8. The number of nitrogens with zero attached hydrogens (tertiary/aromatic N) is 1. The van der Waals surface area contributed by atoms with Gasteiger partial charge in [0.25, 0.3) is 0 Å². The molecule has 4 heteroatoms. The van der Waals surface area contributed by atoms with Crippen LogP contribution in [0.4, 0.5) is 0 Å². The van der Waals surface area contributed by atoms with E-state index in [4.69, 9.17) is 0 Å². The van der Waals surface area contributed by atoms with Gasteiger partial charge in [0, 0.05) is 6.54 Å². The highest BCUT2D eigenvalue weighted by molar-refractivity contribution is 6.00. The maximum atomic E-state index is 12.8. The van der Waals surface area contributed by atoms with Crippen molar-refractivity contribution >= 4 is 11.8 Å². The lowest BCUT2D eigenvalue weighted by atomic mass is 9.86. The minimum Gasteiger partial charge on any atom is -0.340 e. The largest absolute Gasteiger partial charge is 0.340 e. The van der Waals surface area contributed by atoms with Crippen LogP contribution in [-0.4, -0.2) is 34.8 Å². The first kappa shape index (κ1) is 14.4. The van der Waals surface area contributed by atoms with Gasteiger partial charge in [-0.1, -0.05) is 40.0 Å². The van der Waals surface area contributed by atoms with Gasteiger partial charge in [-0.25, -0.2) is 0 Å². The third-order valence-electron chi connectivity index (χ3n) is 4.74. The predicted molar refractivity (Wildman–Crippen MR) is 74.6 cm³/mol. The molecule has 0 aromatic rings. The van der Waals surface area contributed by atoms with Crippen LogP contribution in [0.25, 0.3) is 0 Å². The molecule has 1 aliphatic carbocycles. The molecule has 2 unspecified atom stereocenters. The molecule has 2 fully saturated rings. The summed E-state index contributed by atoms with van der Waals surface area (Å²) in [5.74, 6) is 0.440.